The standard InChI is InChI=1S/C21H22N2O2S/c1-14(2)11-12-22-20(24)16-9-7-15(8-10-16)13-19-21(25)23-17-5-3-4-6-18(17)26-19/h3-10,13-14H,11-12H2,1-2H3,(H,22,24)(H,23,25). The Balaban J connectivity index is 1.68. The normalized spacial score (nSPS) is 14.9. The van der Waals surface area contributed by atoms with Crippen molar-refractivity contribution >= 4 is 35.3 Å². The highest BCUT2D eigenvalue weighted by Crippen LogP contribution is 2.38. The molecule has 134 valence electrons. The van der Waals surface area contributed by atoms with Gasteiger partial charge in [0.05, 0.1) is 10.6 Å². The van der Waals surface area contributed by atoms with E-state index < -0.39 is 0 Å². The predicted molar refractivity (Wildman–Crippen MR) is 107 cm³/mol. The monoisotopic (exact) mass is 366 g/mol. The number of amides is 2. The first-order chi connectivity index (χ1) is 12.5. The molecule has 4 nitrogen and oxygen atoms in total. The van der Waals surface area contributed by atoms with Gasteiger partial charge in [0, 0.05) is 17.0 Å². The highest BCUT2D eigenvalue weighted by Gasteiger charge is 2.20. The molecule has 0 bridgehead atoms. The summed E-state index contributed by atoms with van der Waals surface area (Å²) in [7, 11) is 0. The lowest BCUT2D eigenvalue weighted by molar-refractivity contribution is -0.112. The molecule has 0 saturated heterocycles. The van der Waals surface area contributed by atoms with Crippen LogP contribution in [0.25, 0.3) is 6.08 Å². The smallest absolute Gasteiger partial charge is 0.262 e. The zero-order valence-electron chi connectivity index (χ0n) is 14.9. The van der Waals surface area contributed by atoms with Crippen LogP contribution < -0.4 is 10.6 Å². The lowest BCUT2D eigenvalue weighted by Gasteiger charge is -2.18. The minimum absolute atomic E-state index is 0.0661. The second kappa shape index (κ2) is 8.23. The molecule has 1 aliphatic rings. The SMILES string of the molecule is CC(C)CCNC(=O)c1ccc(C=C2Sc3ccccc3NC2=O)cc1. The van der Waals surface area contributed by atoms with Crippen LogP contribution in [0.5, 0.6) is 0 Å². The summed E-state index contributed by atoms with van der Waals surface area (Å²) < 4.78 is 0. The van der Waals surface area contributed by atoms with Gasteiger partial charge in [0.25, 0.3) is 11.8 Å². The Kier molecular flexibility index (Phi) is 5.78. The van der Waals surface area contributed by atoms with E-state index in [4.69, 9.17) is 0 Å². The van der Waals surface area contributed by atoms with E-state index in [1.807, 2.05) is 42.5 Å². The molecule has 0 saturated carbocycles. The minimum Gasteiger partial charge on any atom is -0.352 e. The van der Waals surface area contributed by atoms with Gasteiger partial charge >= 0.3 is 0 Å². The number of hydrogen-bond donors (Lipinski definition) is 2. The molecule has 1 heterocycles. The lowest BCUT2D eigenvalue weighted by atomic mass is 10.1. The number of rotatable bonds is 5. The lowest BCUT2D eigenvalue weighted by Crippen LogP contribution is -2.25. The summed E-state index contributed by atoms with van der Waals surface area (Å²) >= 11 is 1.45. The molecule has 0 atom stereocenters. The quantitative estimate of drug-likeness (QED) is 0.764. The first kappa shape index (κ1) is 18.3. The van der Waals surface area contributed by atoms with Crippen molar-refractivity contribution in [1.82, 2.24) is 5.32 Å². The van der Waals surface area contributed by atoms with E-state index in [-0.39, 0.29) is 11.8 Å². The molecule has 5 heteroatoms. The Morgan fingerprint density at radius 1 is 1.15 bits per heavy atom. The second-order valence-corrected chi connectivity index (χ2v) is 7.71. The molecule has 2 amide bonds. The molecule has 3 rings (SSSR count). The highest BCUT2D eigenvalue weighted by molar-refractivity contribution is 8.04. The van der Waals surface area contributed by atoms with Crippen molar-refractivity contribution < 1.29 is 9.59 Å². The summed E-state index contributed by atoms with van der Waals surface area (Å²) in [6.45, 7) is 4.94. The van der Waals surface area contributed by atoms with Crippen molar-refractivity contribution in [2.75, 3.05) is 11.9 Å². The molecule has 1 aliphatic heterocycles. The average Bonchev–Trinajstić information content (AvgIpc) is 2.62. The van der Waals surface area contributed by atoms with Gasteiger partial charge in [0.1, 0.15) is 0 Å². The fourth-order valence-electron chi connectivity index (χ4n) is 2.56. The summed E-state index contributed by atoms with van der Waals surface area (Å²) in [6, 6.07) is 15.0. The topological polar surface area (TPSA) is 58.2 Å². The summed E-state index contributed by atoms with van der Waals surface area (Å²) in [5, 5.41) is 5.83. The minimum atomic E-state index is -0.107. The van der Waals surface area contributed by atoms with Crippen LogP contribution in [0.15, 0.2) is 58.3 Å². The maximum Gasteiger partial charge on any atom is 0.262 e. The zero-order valence-corrected chi connectivity index (χ0v) is 15.7. The largest absolute Gasteiger partial charge is 0.352 e. The van der Waals surface area contributed by atoms with Crippen molar-refractivity contribution in [2.45, 2.75) is 25.2 Å². The van der Waals surface area contributed by atoms with E-state index in [9.17, 15) is 9.59 Å². The number of benzene rings is 2. The van der Waals surface area contributed by atoms with Crippen molar-refractivity contribution in [3.8, 4) is 0 Å². The first-order valence-corrected chi connectivity index (χ1v) is 9.53. The summed E-state index contributed by atoms with van der Waals surface area (Å²) in [5.41, 5.74) is 2.36. The molecule has 0 aromatic heterocycles. The van der Waals surface area contributed by atoms with Crippen molar-refractivity contribution in [2.24, 2.45) is 5.92 Å². The summed E-state index contributed by atoms with van der Waals surface area (Å²) in [4.78, 5) is 26.0. The number of anilines is 1. The van der Waals surface area contributed by atoms with Gasteiger partial charge < -0.3 is 10.6 Å². The maximum atomic E-state index is 12.2. The van der Waals surface area contributed by atoms with Crippen LogP contribution in [0.4, 0.5) is 5.69 Å². The molecule has 2 N–H and O–H groups in total. The Morgan fingerprint density at radius 3 is 2.62 bits per heavy atom. The molecule has 2 aromatic carbocycles. The molecular formula is C21H22N2O2S. The Morgan fingerprint density at radius 2 is 1.88 bits per heavy atom. The van der Waals surface area contributed by atoms with Crippen LogP contribution in [-0.2, 0) is 4.79 Å². The van der Waals surface area contributed by atoms with Gasteiger partial charge in [0.15, 0.2) is 0 Å². The molecule has 0 fully saturated rings. The van der Waals surface area contributed by atoms with E-state index in [1.54, 1.807) is 12.1 Å². The highest BCUT2D eigenvalue weighted by atomic mass is 32.2. The maximum absolute atomic E-state index is 12.2. The molecule has 0 unspecified atom stereocenters. The van der Waals surface area contributed by atoms with Gasteiger partial charge in [-0.1, -0.05) is 49.9 Å². The van der Waals surface area contributed by atoms with Crippen LogP contribution >= 0.6 is 11.8 Å². The Hall–Kier alpha value is -2.53. The van der Waals surface area contributed by atoms with Crippen LogP contribution in [0, 0.1) is 5.92 Å². The third-order valence-electron chi connectivity index (χ3n) is 4.06. The third-order valence-corrected chi connectivity index (χ3v) is 5.16. The molecule has 0 spiro atoms. The molecular weight excluding hydrogens is 344 g/mol. The fourth-order valence-corrected chi connectivity index (χ4v) is 3.51. The summed E-state index contributed by atoms with van der Waals surface area (Å²) in [6.07, 6.45) is 2.81. The predicted octanol–water partition coefficient (Wildman–Crippen LogP) is 4.55. The first-order valence-electron chi connectivity index (χ1n) is 8.71. The van der Waals surface area contributed by atoms with Gasteiger partial charge in [0.2, 0.25) is 0 Å². The summed E-state index contributed by atoms with van der Waals surface area (Å²) in [5.74, 6) is 0.390. The molecule has 0 aliphatic carbocycles. The van der Waals surface area contributed by atoms with Crippen LogP contribution in [0.1, 0.15) is 36.2 Å². The van der Waals surface area contributed by atoms with Crippen molar-refractivity contribution in [1.29, 1.82) is 0 Å². The second-order valence-electron chi connectivity index (χ2n) is 6.62. The van der Waals surface area contributed by atoms with Gasteiger partial charge in [-0.25, -0.2) is 0 Å². The van der Waals surface area contributed by atoms with Gasteiger partial charge in [-0.05, 0) is 48.2 Å². The number of fused-ring (bicyclic) bond motifs is 1. The van der Waals surface area contributed by atoms with Crippen LogP contribution in [0.3, 0.4) is 0 Å². The zero-order chi connectivity index (χ0) is 18.5. The molecule has 26 heavy (non-hydrogen) atoms. The van der Waals surface area contributed by atoms with Crippen molar-refractivity contribution in [3.63, 3.8) is 0 Å². The van der Waals surface area contributed by atoms with Gasteiger partial charge in [-0.2, -0.15) is 0 Å². The number of para-hydroxylation sites is 1. The number of carbonyl (C=O) groups excluding carboxylic acids is 2. The number of carbonyl (C=O) groups is 2. The van der Waals surface area contributed by atoms with Crippen LogP contribution in [0.2, 0.25) is 0 Å². The number of hydrogen-bond acceptors (Lipinski definition) is 3. The molecule has 0 radical (unpaired) electrons. The molecule has 2 aromatic rings. The van der Waals surface area contributed by atoms with E-state index in [0.29, 0.717) is 22.9 Å². The fraction of sp³-hybridized carbons (Fsp3) is 0.238. The van der Waals surface area contributed by atoms with E-state index >= 15 is 0 Å². The number of nitrogens with one attached hydrogen (secondary N) is 2. The van der Waals surface area contributed by atoms with E-state index in [2.05, 4.69) is 24.5 Å². The van der Waals surface area contributed by atoms with E-state index in [1.165, 1.54) is 11.8 Å². The Bertz CT molecular complexity index is 841. The third kappa shape index (κ3) is 4.55. The van der Waals surface area contributed by atoms with Gasteiger partial charge in [-0.3, -0.25) is 9.59 Å². The van der Waals surface area contributed by atoms with Crippen molar-refractivity contribution in [3.05, 3.63) is 64.6 Å². The Labute approximate surface area is 158 Å². The van der Waals surface area contributed by atoms with Gasteiger partial charge in [-0.15, -0.1) is 0 Å². The number of thioether (sulfide) groups is 1. The average molecular weight is 366 g/mol. The van der Waals surface area contributed by atoms with E-state index in [0.717, 1.165) is 22.6 Å². The van der Waals surface area contributed by atoms with Crippen LogP contribution in [-0.4, -0.2) is 18.4 Å².